The first-order chi connectivity index (χ1) is 6.84. The molecule has 0 N–H and O–H groups in total. The topological polar surface area (TPSA) is 22.0 Å². The summed E-state index contributed by atoms with van der Waals surface area (Å²) in [5.74, 6) is 0. The summed E-state index contributed by atoms with van der Waals surface area (Å²) in [6.45, 7) is 4.51. The largest absolute Gasteiger partial charge is 0.316 e. The Balaban J connectivity index is 2.28. The van der Waals surface area contributed by atoms with Crippen molar-refractivity contribution in [3.05, 3.63) is 47.4 Å². The number of aryl methyl sites for hydroxylation is 1. The average molecular weight is 191 g/mol. The van der Waals surface area contributed by atoms with Crippen molar-refractivity contribution in [3.8, 4) is 0 Å². The van der Waals surface area contributed by atoms with Crippen LogP contribution in [-0.2, 0) is 6.54 Å². The first kappa shape index (κ1) is 10.8. The molecule has 1 aromatic heterocycles. The van der Waals surface area contributed by atoms with E-state index in [0.29, 0.717) is 0 Å². The second kappa shape index (κ2) is 6.19. The number of nitrogens with zero attached hydrogens (tertiary/aromatic N) is 1. The van der Waals surface area contributed by atoms with E-state index in [1.165, 1.54) is 6.42 Å². The number of unbranched alkanes of at least 4 members (excludes halogenated alkanes) is 3. The van der Waals surface area contributed by atoms with E-state index in [2.05, 4.69) is 6.58 Å². The lowest BCUT2D eigenvalue weighted by Crippen LogP contribution is -2.17. The van der Waals surface area contributed by atoms with Gasteiger partial charge >= 0.3 is 0 Å². The van der Waals surface area contributed by atoms with Crippen LogP contribution in [0.5, 0.6) is 0 Å². The van der Waals surface area contributed by atoms with Gasteiger partial charge in [-0.15, -0.1) is 6.58 Å². The van der Waals surface area contributed by atoms with E-state index in [-0.39, 0.29) is 5.56 Å². The molecule has 0 spiro atoms. The Morgan fingerprint density at radius 3 is 2.86 bits per heavy atom. The van der Waals surface area contributed by atoms with Gasteiger partial charge < -0.3 is 4.57 Å². The van der Waals surface area contributed by atoms with Crippen LogP contribution in [0, 0.1) is 0 Å². The molecule has 76 valence electrons. The van der Waals surface area contributed by atoms with Crippen LogP contribution in [0.2, 0.25) is 0 Å². The number of allylic oxidation sites excluding steroid dienone is 1. The molecule has 1 rings (SSSR count). The van der Waals surface area contributed by atoms with Gasteiger partial charge in [0.1, 0.15) is 0 Å². The average Bonchev–Trinajstić information content (AvgIpc) is 2.20. The molecule has 0 aliphatic heterocycles. The van der Waals surface area contributed by atoms with Crippen molar-refractivity contribution in [3.63, 3.8) is 0 Å². The smallest absolute Gasteiger partial charge is 0.250 e. The summed E-state index contributed by atoms with van der Waals surface area (Å²) >= 11 is 0. The summed E-state index contributed by atoms with van der Waals surface area (Å²) in [6, 6.07) is 5.27. The van der Waals surface area contributed by atoms with Crippen molar-refractivity contribution < 1.29 is 0 Å². The van der Waals surface area contributed by atoms with Crippen LogP contribution in [0.3, 0.4) is 0 Å². The Morgan fingerprint density at radius 1 is 1.29 bits per heavy atom. The first-order valence-corrected chi connectivity index (χ1v) is 5.11. The lowest BCUT2D eigenvalue weighted by molar-refractivity contribution is 0.577. The third-order valence-electron chi connectivity index (χ3n) is 2.21. The zero-order valence-corrected chi connectivity index (χ0v) is 8.48. The number of rotatable bonds is 6. The molecule has 0 aromatic carbocycles. The molecule has 0 unspecified atom stereocenters. The highest BCUT2D eigenvalue weighted by molar-refractivity contribution is 4.92. The van der Waals surface area contributed by atoms with Crippen LogP contribution in [0.4, 0.5) is 0 Å². The van der Waals surface area contributed by atoms with Crippen LogP contribution in [0.15, 0.2) is 41.8 Å². The van der Waals surface area contributed by atoms with E-state index in [0.717, 1.165) is 25.8 Å². The van der Waals surface area contributed by atoms with Crippen molar-refractivity contribution in [1.29, 1.82) is 0 Å². The molecule has 0 saturated heterocycles. The third kappa shape index (κ3) is 3.60. The fraction of sp³-hybridized carbons (Fsp3) is 0.417. The van der Waals surface area contributed by atoms with Gasteiger partial charge in [-0.25, -0.2) is 0 Å². The van der Waals surface area contributed by atoms with E-state index in [9.17, 15) is 4.79 Å². The SMILES string of the molecule is C=CCCCCCn1ccccc1=O. The molecular weight excluding hydrogens is 174 g/mol. The number of hydrogen-bond acceptors (Lipinski definition) is 1. The van der Waals surface area contributed by atoms with Gasteiger partial charge in [0.25, 0.3) is 0 Å². The maximum Gasteiger partial charge on any atom is 0.250 e. The normalized spacial score (nSPS) is 10.0. The highest BCUT2D eigenvalue weighted by atomic mass is 16.1. The Hall–Kier alpha value is -1.31. The molecule has 0 amide bonds. The Kier molecular flexibility index (Phi) is 4.76. The van der Waals surface area contributed by atoms with Gasteiger partial charge in [0.15, 0.2) is 0 Å². The molecular formula is C12H17NO. The minimum Gasteiger partial charge on any atom is -0.316 e. The van der Waals surface area contributed by atoms with E-state index in [1.807, 2.05) is 18.3 Å². The Morgan fingerprint density at radius 2 is 2.14 bits per heavy atom. The Labute approximate surface area is 84.9 Å². The van der Waals surface area contributed by atoms with Crippen molar-refractivity contribution in [2.75, 3.05) is 0 Å². The number of aromatic nitrogens is 1. The van der Waals surface area contributed by atoms with Crippen molar-refractivity contribution in [2.45, 2.75) is 32.2 Å². The monoisotopic (exact) mass is 191 g/mol. The van der Waals surface area contributed by atoms with Gasteiger partial charge in [-0.2, -0.15) is 0 Å². The second-order valence-electron chi connectivity index (χ2n) is 3.37. The van der Waals surface area contributed by atoms with Crippen molar-refractivity contribution in [1.82, 2.24) is 4.57 Å². The molecule has 0 aliphatic rings. The van der Waals surface area contributed by atoms with Crippen LogP contribution >= 0.6 is 0 Å². The summed E-state index contributed by atoms with van der Waals surface area (Å²) < 4.78 is 1.76. The van der Waals surface area contributed by atoms with Gasteiger partial charge in [0, 0.05) is 18.8 Å². The van der Waals surface area contributed by atoms with E-state index >= 15 is 0 Å². The molecule has 0 atom stereocenters. The van der Waals surface area contributed by atoms with E-state index in [4.69, 9.17) is 0 Å². The standard InChI is InChI=1S/C12H17NO/c1-2-3-4-5-7-10-13-11-8-6-9-12(13)14/h2,6,8-9,11H,1,3-5,7,10H2. The van der Waals surface area contributed by atoms with E-state index in [1.54, 1.807) is 16.7 Å². The fourth-order valence-electron chi connectivity index (χ4n) is 1.39. The summed E-state index contributed by atoms with van der Waals surface area (Å²) in [5.41, 5.74) is 0.0937. The van der Waals surface area contributed by atoms with Gasteiger partial charge in [-0.3, -0.25) is 4.79 Å². The Bertz CT molecular complexity index is 327. The summed E-state index contributed by atoms with van der Waals surface area (Å²) in [5, 5.41) is 0. The lowest BCUT2D eigenvalue weighted by atomic mass is 10.2. The highest BCUT2D eigenvalue weighted by Gasteiger charge is 1.93. The van der Waals surface area contributed by atoms with Crippen LogP contribution < -0.4 is 5.56 Å². The number of hydrogen-bond donors (Lipinski definition) is 0. The number of pyridine rings is 1. The molecule has 0 radical (unpaired) electrons. The van der Waals surface area contributed by atoms with Gasteiger partial charge in [0.05, 0.1) is 0 Å². The molecule has 2 heteroatoms. The minimum absolute atomic E-state index is 0.0937. The molecule has 0 saturated carbocycles. The molecule has 1 aromatic rings. The molecule has 0 aliphatic carbocycles. The fourth-order valence-corrected chi connectivity index (χ4v) is 1.39. The highest BCUT2D eigenvalue weighted by Crippen LogP contribution is 2.01. The van der Waals surface area contributed by atoms with Crippen LogP contribution in [0.1, 0.15) is 25.7 Å². The lowest BCUT2D eigenvalue weighted by Gasteiger charge is -2.03. The van der Waals surface area contributed by atoms with Gasteiger partial charge in [-0.1, -0.05) is 18.6 Å². The molecule has 2 nitrogen and oxygen atoms in total. The molecule has 0 fully saturated rings. The maximum atomic E-state index is 11.3. The molecule has 14 heavy (non-hydrogen) atoms. The van der Waals surface area contributed by atoms with Crippen LogP contribution in [0.25, 0.3) is 0 Å². The molecule has 0 bridgehead atoms. The second-order valence-corrected chi connectivity index (χ2v) is 3.37. The van der Waals surface area contributed by atoms with Gasteiger partial charge in [0.2, 0.25) is 5.56 Å². The predicted molar refractivity (Wildman–Crippen MR) is 59.4 cm³/mol. The quantitative estimate of drug-likeness (QED) is 0.500. The summed E-state index contributed by atoms with van der Waals surface area (Å²) in [4.78, 5) is 11.3. The first-order valence-electron chi connectivity index (χ1n) is 5.11. The van der Waals surface area contributed by atoms with Crippen LogP contribution in [-0.4, -0.2) is 4.57 Å². The molecule has 1 heterocycles. The maximum absolute atomic E-state index is 11.3. The van der Waals surface area contributed by atoms with Crippen molar-refractivity contribution in [2.24, 2.45) is 0 Å². The zero-order chi connectivity index (χ0) is 10.2. The minimum atomic E-state index is 0.0937. The van der Waals surface area contributed by atoms with E-state index < -0.39 is 0 Å². The zero-order valence-electron chi connectivity index (χ0n) is 8.48. The van der Waals surface area contributed by atoms with Gasteiger partial charge in [-0.05, 0) is 25.3 Å². The third-order valence-corrected chi connectivity index (χ3v) is 2.21. The summed E-state index contributed by atoms with van der Waals surface area (Å²) in [6.07, 6.45) is 8.25. The summed E-state index contributed by atoms with van der Waals surface area (Å²) in [7, 11) is 0. The predicted octanol–water partition coefficient (Wildman–Crippen LogP) is 2.59. The van der Waals surface area contributed by atoms with Crippen molar-refractivity contribution >= 4 is 0 Å².